The molecule has 2 fully saturated rings. The smallest absolute Gasteiger partial charge is 0.251 e. The Balaban J connectivity index is 0.00000280. The zero-order valence-electron chi connectivity index (χ0n) is 16.2. The zero-order valence-corrected chi connectivity index (χ0v) is 18.6. The average molecular weight is 509 g/mol. The summed E-state index contributed by atoms with van der Waals surface area (Å²) in [5, 5.41) is 6.69. The third-order valence-electron chi connectivity index (χ3n) is 4.97. The predicted octanol–water partition coefficient (Wildman–Crippen LogP) is 2.88. The number of piperidine rings is 1. The van der Waals surface area contributed by atoms with Gasteiger partial charge in [0.15, 0.2) is 5.96 Å². The molecule has 1 aromatic rings. The van der Waals surface area contributed by atoms with E-state index in [4.69, 9.17) is 4.74 Å². The topological polar surface area (TPSA) is 61.8 Å². The van der Waals surface area contributed by atoms with Crippen LogP contribution in [-0.2, 0) is 6.54 Å². The normalized spacial score (nSPS) is 18.6. The molecule has 0 spiro atoms. The van der Waals surface area contributed by atoms with Crippen LogP contribution in [0, 0.1) is 5.92 Å². The maximum atomic E-state index is 12.5. The van der Waals surface area contributed by atoms with Gasteiger partial charge in [0.05, 0.1) is 13.2 Å². The Morgan fingerprint density at radius 3 is 2.71 bits per heavy atom. The fourth-order valence-electron chi connectivity index (χ4n) is 3.16. The number of guanidine groups is 1. The minimum Gasteiger partial charge on any atom is -0.477 e. The second-order valence-electron chi connectivity index (χ2n) is 7.29. The van der Waals surface area contributed by atoms with Gasteiger partial charge in [0.1, 0.15) is 0 Å². The molecule has 9 heteroatoms. The van der Waals surface area contributed by atoms with Gasteiger partial charge in [-0.1, -0.05) is 0 Å². The van der Waals surface area contributed by atoms with Crippen LogP contribution in [0.4, 0.5) is 8.78 Å². The monoisotopic (exact) mass is 509 g/mol. The molecule has 0 atom stereocenters. The summed E-state index contributed by atoms with van der Waals surface area (Å²) in [4.78, 5) is 10.3. The van der Waals surface area contributed by atoms with Gasteiger partial charge in [-0.15, -0.1) is 24.0 Å². The van der Waals surface area contributed by atoms with Crippen LogP contribution in [-0.4, -0.2) is 61.6 Å². The number of likely N-dealkylation sites (tertiary alicyclic amines) is 1. The van der Waals surface area contributed by atoms with Crippen molar-refractivity contribution in [3.63, 3.8) is 0 Å². The molecule has 1 saturated carbocycles. The molecule has 1 saturated heterocycles. The van der Waals surface area contributed by atoms with Gasteiger partial charge in [-0.25, -0.2) is 13.8 Å². The van der Waals surface area contributed by atoms with E-state index >= 15 is 0 Å². The summed E-state index contributed by atoms with van der Waals surface area (Å²) in [6, 6.07) is 4.15. The van der Waals surface area contributed by atoms with Crippen LogP contribution in [0.2, 0.25) is 0 Å². The Hall–Kier alpha value is -1.23. The van der Waals surface area contributed by atoms with E-state index < -0.39 is 6.43 Å². The number of hydrogen-bond donors (Lipinski definition) is 2. The van der Waals surface area contributed by atoms with Gasteiger partial charge in [0, 0.05) is 45.0 Å². The first-order valence-corrected chi connectivity index (χ1v) is 9.68. The lowest BCUT2D eigenvalue weighted by Gasteiger charge is -2.32. The van der Waals surface area contributed by atoms with Crippen molar-refractivity contribution in [1.29, 1.82) is 0 Å². The largest absolute Gasteiger partial charge is 0.477 e. The van der Waals surface area contributed by atoms with Gasteiger partial charge < -0.3 is 15.4 Å². The average Bonchev–Trinajstić information content (AvgIpc) is 3.49. The van der Waals surface area contributed by atoms with E-state index in [1.165, 1.54) is 12.8 Å². The summed E-state index contributed by atoms with van der Waals surface area (Å²) >= 11 is 0. The van der Waals surface area contributed by atoms with Crippen molar-refractivity contribution in [3.05, 3.63) is 23.9 Å². The molecule has 1 aromatic heterocycles. The maximum absolute atomic E-state index is 12.5. The van der Waals surface area contributed by atoms with Gasteiger partial charge >= 0.3 is 0 Å². The summed E-state index contributed by atoms with van der Waals surface area (Å²) < 4.78 is 30.6. The molecule has 158 valence electrons. The summed E-state index contributed by atoms with van der Waals surface area (Å²) in [7, 11) is 1.73. The standard InChI is InChI=1S/C19H29F2N5O.HI/c1-22-19(25-16-5-8-26(9-6-16)12-17(20)21)24-11-15-4-7-23-18(10-15)27-13-14-2-3-14;/h4,7,10,14,16-17H,2-3,5-6,8-9,11-13H2,1H3,(H2,22,24,25);1H. The maximum Gasteiger partial charge on any atom is 0.251 e. The molecule has 0 bridgehead atoms. The summed E-state index contributed by atoms with van der Waals surface area (Å²) in [5.74, 6) is 2.08. The van der Waals surface area contributed by atoms with E-state index in [-0.39, 0.29) is 36.6 Å². The molecular formula is C19H30F2IN5O. The molecule has 3 rings (SSSR count). The van der Waals surface area contributed by atoms with Crippen molar-refractivity contribution in [2.24, 2.45) is 10.9 Å². The number of ether oxygens (including phenoxy) is 1. The lowest BCUT2D eigenvalue weighted by Crippen LogP contribution is -2.49. The van der Waals surface area contributed by atoms with Gasteiger partial charge in [-0.2, -0.15) is 0 Å². The van der Waals surface area contributed by atoms with Crippen LogP contribution in [0.1, 0.15) is 31.2 Å². The molecule has 0 amide bonds. The first kappa shape index (κ1) is 23.1. The predicted molar refractivity (Wildman–Crippen MR) is 117 cm³/mol. The number of nitrogens with one attached hydrogen (secondary N) is 2. The van der Waals surface area contributed by atoms with Gasteiger partial charge in [0.2, 0.25) is 5.88 Å². The number of aromatic nitrogens is 1. The second kappa shape index (κ2) is 11.7. The molecule has 1 aliphatic carbocycles. The Morgan fingerprint density at radius 2 is 2.07 bits per heavy atom. The third-order valence-corrected chi connectivity index (χ3v) is 4.97. The van der Waals surface area contributed by atoms with E-state index in [1.807, 2.05) is 17.0 Å². The number of halogens is 3. The molecule has 1 aliphatic heterocycles. The SMILES string of the molecule is CN=C(NCc1ccnc(OCC2CC2)c1)NC1CCN(CC(F)F)CC1.I. The van der Waals surface area contributed by atoms with Crippen molar-refractivity contribution >= 4 is 29.9 Å². The Kier molecular flexibility index (Phi) is 9.63. The van der Waals surface area contributed by atoms with Crippen molar-refractivity contribution in [2.75, 3.05) is 33.3 Å². The lowest BCUT2D eigenvalue weighted by atomic mass is 10.1. The Morgan fingerprint density at radius 1 is 1.32 bits per heavy atom. The van der Waals surface area contributed by atoms with E-state index in [0.29, 0.717) is 31.4 Å². The number of nitrogens with zero attached hydrogens (tertiary/aromatic N) is 3. The fourth-order valence-corrected chi connectivity index (χ4v) is 3.16. The first-order chi connectivity index (χ1) is 13.1. The second-order valence-corrected chi connectivity index (χ2v) is 7.29. The van der Waals surface area contributed by atoms with Crippen LogP contribution in [0.25, 0.3) is 0 Å². The highest BCUT2D eigenvalue weighted by Gasteiger charge is 2.23. The highest BCUT2D eigenvalue weighted by molar-refractivity contribution is 14.0. The van der Waals surface area contributed by atoms with E-state index in [0.717, 1.165) is 31.0 Å². The zero-order chi connectivity index (χ0) is 19.1. The lowest BCUT2D eigenvalue weighted by molar-refractivity contribution is 0.0744. The molecule has 0 radical (unpaired) electrons. The molecule has 2 aliphatic rings. The molecular weight excluding hydrogens is 479 g/mol. The van der Waals surface area contributed by atoms with E-state index in [1.54, 1.807) is 13.2 Å². The van der Waals surface area contributed by atoms with Gasteiger partial charge in [0.25, 0.3) is 6.43 Å². The van der Waals surface area contributed by atoms with Crippen LogP contribution in [0.15, 0.2) is 23.3 Å². The number of alkyl halides is 2. The van der Waals surface area contributed by atoms with Gasteiger partial charge in [-0.3, -0.25) is 9.89 Å². The van der Waals surface area contributed by atoms with Gasteiger partial charge in [-0.05, 0) is 43.2 Å². The quantitative estimate of drug-likeness (QED) is 0.321. The molecule has 2 N–H and O–H groups in total. The highest BCUT2D eigenvalue weighted by atomic mass is 127. The summed E-state index contributed by atoms with van der Waals surface area (Å²) in [6.45, 7) is 2.60. The van der Waals surface area contributed by atoms with E-state index in [9.17, 15) is 8.78 Å². The molecule has 0 unspecified atom stereocenters. The summed E-state index contributed by atoms with van der Waals surface area (Å²) in [5.41, 5.74) is 1.07. The van der Waals surface area contributed by atoms with Crippen LogP contribution in [0.3, 0.4) is 0 Å². The Labute approximate surface area is 182 Å². The number of rotatable bonds is 8. The van der Waals surface area contributed by atoms with Crippen molar-refractivity contribution in [3.8, 4) is 5.88 Å². The van der Waals surface area contributed by atoms with E-state index in [2.05, 4.69) is 20.6 Å². The van der Waals surface area contributed by atoms with Crippen molar-refractivity contribution in [2.45, 2.75) is 44.7 Å². The summed E-state index contributed by atoms with van der Waals surface area (Å²) in [6.07, 6.45) is 3.68. The van der Waals surface area contributed by atoms with Crippen LogP contribution < -0.4 is 15.4 Å². The highest BCUT2D eigenvalue weighted by Crippen LogP contribution is 2.29. The number of aliphatic imine (C=N–C) groups is 1. The van der Waals surface area contributed by atoms with Crippen LogP contribution >= 0.6 is 24.0 Å². The first-order valence-electron chi connectivity index (χ1n) is 9.68. The number of pyridine rings is 1. The molecule has 6 nitrogen and oxygen atoms in total. The molecule has 0 aromatic carbocycles. The van der Waals surface area contributed by atoms with Crippen LogP contribution in [0.5, 0.6) is 5.88 Å². The third kappa shape index (κ3) is 8.02. The molecule has 28 heavy (non-hydrogen) atoms. The van der Waals surface area contributed by atoms with Crippen molar-refractivity contribution in [1.82, 2.24) is 20.5 Å². The Bertz CT molecular complexity index is 622. The number of hydrogen-bond acceptors (Lipinski definition) is 4. The molecule has 2 heterocycles. The minimum atomic E-state index is -2.26. The minimum absolute atomic E-state index is 0. The van der Waals surface area contributed by atoms with Crippen molar-refractivity contribution < 1.29 is 13.5 Å². The fraction of sp³-hybridized carbons (Fsp3) is 0.684.